The highest BCUT2D eigenvalue weighted by atomic mass is 16.2. The summed E-state index contributed by atoms with van der Waals surface area (Å²) in [4.78, 5) is 12.0. The second kappa shape index (κ2) is 7.22. The van der Waals surface area contributed by atoms with Gasteiger partial charge >= 0.3 is 0 Å². The number of rotatable bonds is 5. The third-order valence-corrected chi connectivity index (χ3v) is 3.14. The number of carbonyl (C=O) groups excluding carboxylic acids is 1. The third kappa shape index (κ3) is 4.44. The minimum atomic E-state index is -0.591. The summed E-state index contributed by atoms with van der Waals surface area (Å²) < 4.78 is 0. The summed E-state index contributed by atoms with van der Waals surface area (Å²) in [6, 6.07) is 18.4. The Hall–Kier alpha value is -2.64. The largest absolute Gasteiger partial charge is 0.325 e. The van der Waals surface area contributed by atoms with Crippen molar-refractivity contribution in [2.75, 3.05) is 5.32 Å². The van der Waals surface area contributed by atoms with Crippen molar-refractivity contribution in [1.82, 2.24) is 0 Å². The number of hydrogen-bond acceptors (Lipinski definition) is 3. The van der Waals surface area contributed by atoms with Crippen molar-refractivity contribution in [3.63, 3.8) is 0 Å². The van der Waals surface area contributed by atoms with Gasteiger partial charge in [0.1, 0.15) is 0 Å². The lowest BCUT2D eigenvalue weighted by molar-refractivity contribution is -0.117. The summed E-state index contributed by atoms with van der Waals surface area (Å²) in [6.07, 6.45) is 0.862. The maximum Gasteiger partial charge on any atom is 0.241 e. The zero-order valence-electron chi connectivity index (χ0n) is 11.6. The molecule has 2 aromatic carbocycles. The van der Waals surface area contributed by atoms with Gasteiger partial charge in [-0.05, 0) is 29.7 Å². The minimum Gasteiger partial charge on any atom is -0.325 e. The van der Waals surface area contributed by atoms with E-state index in [1.807, 2.05) is 42.5 Å². The molecular formula is C17H17N3O. The van der Waals surface area contributed by atoms with Crippen LogP contribution >= 0.6 is 0 Å². The number of benzene rings is 2. The van der Waals surface area contributed by atoms with Gasteiger partial charge in [-0.1, -0.05) is 42.5 Å². The number of amides is 1. The predicted molar refractivity (Wildman–Crippen MR) is 82.5 cm³/mol. The lowest BCUT2D eigenvalue weighted by atomic mass is 10.1. The number of carbonyl (C=O) groups is 1. The maximum atomic E-state index is 12.0. The summed E-state index contributed by atoms with van der Waals surface area (Å²) in [5, 5.41) is 11.4. The van der Waals surface area contributed by atoms with Crippen LogP contribution in [-0.2, 0) is 17.6 Å². The summed E-state index contributed by atoms with van der Waals surface area (Å²) in [5.41, 5.74) is 8.56. The number of nitrogens with zero attached hydrogens (tertiary/aromatic N) is 1. The number of hydrogen-bond donors (Lipinski definition) is 2. The lowest BCUT2D eigenvalue weighted by Crippen LogP contribution is -2.37. The molecular weight excluding hydrogens is 262 g/mol. The van der Waals surface area contributed by atoms with Crippen molar-refractivity contribution in [1.29, 1.82) is 5.26 Å². The van der Waals surface area contributed by atoms with Crippen molar-refractivity contribution in [3.05, 3.63) is 65.7 Å². The molecule has 0 aliphatic carbocycles. The van der Waals surface area contributed by atoms with Crippen LogP contribution in [0.4, 0.5) is 5.69 Å². The molecule has 0 saturated heterocycles. The van der Waals surface area contributed by atoms with E-state index in [2.05, 4.69) is 11.4 Å². The fourth-order valence-electron chi connectivity index (χ4n) is 1.99. The fraction of sp³-hybridized carbons (Fsp3) is 0.176. The number of nitrogens with two attached hydrogens (primary N) is 1. The SMILES string of the molecule is N#CCc1ccc(NC(=O)[C@H](N)Cc2ccccc2)cc1. The Morgan fingerprint density at radius 1 is 1.10 bits per heavy atom. The normalized spacial score (nSPS) is 11.4. The first kappa shape index (κ1) is 14.8. The van der Waals surface area contributed by atoms with Crippen LogP contribution in [0.15, 0.2) is 54.6 Å². The molecule has 1 amide bonds. The molecule has 0 saturated carbocycles. The third-order valence-electron chi connectivity index (χ3n) is 3.14. The second-order valence-corrected chi connectivity index (χ2v) is 4.82. The molecule has 21 heavy (non-hydrogen) atoms. The van der Waals surface area contributed by atoms with E-state index >= 15 is 0 Å². The highest BCUT2D eigenvalue weighted by Gasteiger charge is 2.14. The quantitative estimate of drug-likeness (QED) is 0.881. The molecule has 0 aliphatic rings. The van der Waals surface area contributed by atoms with Gasteiger partial charge in [-0.15, -0.1) is 0 Å². The molecule has 0 bridgehead atoms. The van der Waals surface area contributed by atoms with Crippen molar-refractivity contribution >= 4 is 11.6 Å². The van der Waals surface area contributed by atoms with Gasteiger partial charge in [-0.3, -0.25) is 4.79 Å². The lowest BCUT2D eigenvalue weighted by Gasteiger charge is -2.12. The fourth-order valence-corrected chi connectivity index (χ4v) is 1.99. The first-order chi connectivity index (χ1) is 10.2. The van der Waals surface area contributed by atoms with Crippen LogP contribution in [-0.4, -0.2) is 11.9 Å². The molecule has 3 N–H and O–H groups in total. The minimum absolute atomic E-state index is 0.216. The van der Waals surface area contributed by atoms with Crippen LogP contribution in [0.3, 0.4) is 0 Å². The Labute approximate surface area is 124 Å². The smallest absolute Gasteiger partial charge is 0.241 e. The average molecular weight is 279 g/mol. The first-order valence-corrected chi connectivity index (χ1v) is 6.75. The monoisotopic (exact) mass is 279 g/mol. The maximum absolute atomic E-state index is 12.0. The van der Waals surface area contributed by atoms with Crippen molar-refractivity contribution in [2.24, 2.45) is 5.73 Å². The van der Waals surface area contributed by atoms with Crippen LogP contribution < -0.4 is 11.1 Å². The molecule has 0 radical (unpaired) electrons. The topological polar surface area (TPSA) is 78.9 Å². The van der Waals surface area contributed by atoms with Gasteiger partial charge in [0.15, 0.2) is 0 Å². The molecule has 0 unspecified atom stereocenters. The van der Waals surface area contributed by atoms with Gasteiger partial charge in [0.2, 0.25) is 5.91 Å². The molecule has 0 aromatic heterocycles. The van der Waals surface area contributed by atoms with E-state index < -0.39 is 6.04 Å². The first-order valence-electron chi connectivity index (χ1n) is 6.75. The Morgan fingerprint density at radius 3 is 2.38 bits per heavy atom. The Kier molecular flexibility index (Phi) is 5.08. The summed E-state index contributed by atoms with van der Waals surface area (Å²) in [5.74, 6) is -0.216. The Balaban J connectivity index is 1.93. The van der Waals surface area contributed by atoms with E-state index in [4.69, 9.17) is 11.0 Å². The predicted octanol–water partition coefficient (Wildman–Crippen LogP) is 2.26. The van der Waals surface area contributed by atoms with Crippen LogP contribution in [0, 0.1) is 11.3 Å². The molecule has 2 rings (SSSR count). The van der Waals surface area contributed by atoms with Crippen molar-refractivity contribution < 1.29 is 4.79 Å². The van der Waals surface area contributed by atoms with Crippen LogP contribution in [0.1, 0.15) is 11.1 Å². The van der Waals surface area contributed by atoms with Gasteiger partial charge < -0.3 is 11.1 Å². The van der Waals surface area contributed by atoms with E-state index in [-0.39, 0.29) is 5.91 Å². The zero-order valence-corrected chi connectivity index (χ0v) is 11.6. The molecule has 0 heterocycles. The van der Waals surface area contributed by atoms with Crippen LogP contribution in [0.2, 0.25) is 0 Å². The van der Waals surface area contributed by atoms with E-state index in [0.717, 1.165) is 11.1 Å². The standard InChI is InChI=1S/C17H17N3O/c18-11-10-13-6-8-15(9-7-13)20-17(21)16(19)12-14-4-2-1-3-5-14/h1-9,16H,10,12,19H2,(H,20,21)/t16-/m1/s1. The molecule has 106 valence electrons. The van der Waals surface area contributed by atoms with E-state index in [1.54, 1.807) is 12.1 Å². The molecule has 0 spiro atoms. The van der Waals surface area contributed by atoms with Gasteiger partial charge in [0, 0.05) is 5.69 Å². The Bertz CT molecular complexity index is 629. The molecule has 1 atom stereocenters. The number of nitriles is 1. The van der Waals surface area contributed by atoms with E-state index in [1.165, 1.54) is 0 Å². The molecule has 4 heteroatoms. The van der Waals surface area contributed by atoms with Crippen LogP contribution in [0.5, 0.6) is 0 Å². The van der Waals surface area contributed by atoms with Gasteiger partial charge in [0.05, 0.1) is 18.5 Å². The summed E-state index contributed by atoms with van der Waals surface area (Å²) >= 11 is 0. The van der Waals surface area contributed by atoms with Gasteiger partial charge in [0.25, 0.3) is 0 Å². The van der Waals surface area contributed by atoms with E-state index in [9.17, 15) is 4.79 Å². The number of anilines is 1. The summed E-state index contributed by atoms with van der Waals surface area (Å²) in [6.45, 7) is 0. The van der Waals surface area contributed by atoms with Crippen molar-refractivity contribution in [3.8, 4) is 6.07 Å². The highest BCUT2D eigenvalue weighted by Crippen LogP contribution is 2.11. The van der Waals surface area contributed by atoms with Crippen molar-refractivity contribution in [2.45, 2.75) is 18.9 Å². The molecule has 0 aliphatic heterocycles. The second-order valence-electron chi connectivity index (χ2n) is 4.82. The number of nitrogens with one attached hydrogen (secondary N) is 1. The molecule has 2 aromatic rings. The van der Waals surface area contributed by atoms with Crippen LogP contribution in [0.25, 0.3) is 0 Å². The molecule has 0 fully saturated rings. The highest BCUT2D eigenvalue weighted by molar-refractivity contribution is 5.94. The average Bonchev–Trinajstić information content (AvgIpc) is 2.50. The summed E-state index contributed by atoms with van der Waals surface area (Å²) in [7, 11) is 0. The van der Waals surface area contributed by atoms with E-state index in [0.29, 0.717) is 18.5 Å². The zero-order chi connectivity index (χ0) is 15.1. The van der Waals surface area contributed by atoms with Gasteiger partial charge in [-0.2, -0.15) is 5.26 Å². The van der Waals surface area contributed by atoms with Gasteiger partial charge in [-0.25, -0.2) is 0 Å². The molecule has 4 nitrogen and oxygen atoms in total. The Morgan fingerprint density at radius 2 is 1.76 bits per heavy atom.